The van der Waals surface area contributed by atoms with Gasteiger partial charge < -0.3 is 9.15 Å². The van der Waals surface area contributed by atoms with E-state index < -0.39 is 33.9 Å². The molecule has 1 amide bonds. The van der Waals surface area contributed by atoms with Crippen LogP contribution in [0.2, 0.25) is 0 Å². The Balaban J connectivity index is 1.41. The van der Waals surface area contributed by atoms with Gasteiger partial charge in [-0.15, -0.1) is 0 Å². The van der Waals surface area contributed by atoms with Crippen molar-refractivity contribution in [2.24, 2.45) is 5.92 Å². The first-order valence-corrected chi connectivity index (χ1v) is 14.6. The second kappa shape index (κ2) is 11.0. The Morgan fingerprint density at radius 1 is 1.21 bits per heavy atom. The number of ketones is 1. The first-order valence-electron chi connectivity index (χ1n) is 13.0. The molecule has 5 rings (SSSR count). The van der Waals surface area contributed by atoms with Gasteiger partial charge in [0.05, 0.1) is 24.5 Å². The Bertz CT molecular complexity index is 1250. The molecule has 1 N–H and O–H groups in total. The van der Waals surface area contributed by atoms with Gasteiger partial charge in [-0.2, -0.15) is 4.31 Å². The van der Waals surface area contributed by atoms with Gasteiger partial charge in [0, 0.05) is 24.8 Å². The second-order valence-electron chi connectivity index (χ2n) is 10.3. The van der Waals surface area contributed by atoms with Crippen LogP contribution >= 0.6 is 0 Å². The van der Waals surface area contributed by atoms with Gasteiger partial charge in [0.25, 0.3) is 0 Å². The lowest BCUT2D eigenvalue weighted by molar-refractivity contribution is -0.129. The number of hydrogen-bond acceptors (Lipinski definition) is 9. The molecule has 2 aromatic heterocycles. The normalized spacial score (nSPS) is 24.6. The summed E-state index contributed by atoms with van der Waals surface area (Å²) in [5.41, 5.74) is -1.12. The number of ether oxygens (including phenoxy) is 1. The highest BCUT2D eigenvalue weighted by Crippen LogP contribution is 2.39. The van der Waals surface area contributed by atoms with Gasteiger partial charge in [-0.3, -0.25) is 24.8 Å². The molecule has 2 saturated heterocycles. The van der Waals surface area contributed by atoms with Crippen LogP contribution in [0.4, 0.5) is 4.79 Å². The summed E-state index contributed by atoms with van der Waals surface area (Å²) in [7, 11) is -3.85. The number of furan rings is 1. The van der Waals surface area contributed by atoms with Crippen molar-refractivity contribution in [3.63, 3.8) is 0 Å². The van der Waals surface area contributed by atoms with Crippen LogP contribution in [0.3, 0.4) is 0 Å². The quantitative estimate of drug-likeness (QED) is 0.472. The number of Topliss-reactive ketones (excluding diaryl/α,β-unsaturated/α-hetero) is 1. The number of rotatable bonds is 9. The average molecular weight is 545 g/mol. The fourth-order valence-electron chi connectivity index (χ4n) is 6.17. The largest absolute Gasteiger partial charge is 0.469 e. The third-order valence-electron chi connectivity index (χ3n) is 7.85. The van der Waals surface area contributed by atoms with Crippen LogP contribution in [0.5, 0.6) is 5.75 Å². The number of hydrogen-bond donors (Lipinski definition) is 1. The number of aromatic nitrogens is 1. The van der Waals surface area contributed by atoms with Gasteiger partial charge in [0.15, 0.2) is 23.5 Å². The van der Waals surface area contributed by atoms with Gasteiger partial charge in [0.1, 0.15) is 12.0 Å². The average Bonchev–Trinajstić information content (AvgIpc) is 3.64. The minimum atomic E-state index is -3.85. The Labute approximate surface area is 221 Å². The maximum atomic E-state index is 13.3. The van der Waals surface area contributed by atoms with Gasteiger partial charge in [-0.1, -0.05) is 38.2 Å². The molecular weight excluding hydrogens is 512 g/mol. The number of likely N-dealkylation sites (tertiary alicyclic amines) is 1. The number of pyridine rings is 1. The lowest BCUT2D eigenvalue weighted by atomic mass is 9.82. The van der Waals surface area contributed by atoms with Crippen molar-refractivity contribution in [3.8, 4) is 5.75 Å². The van der Waals surface area contributed by atoms with Crippen LogP contribution in [0.15, 0.2) is 47.4 Å². The van der Waals surface area contributed by atoms with Gasteiger partial charge in [0.2, 0.25) is 10.0 Å². The minimum absolute atomic E-state index is 0.169. The van der Waals surface area contributed by atoms with Crippen molar-refractivity contribution in [2.45, 2.75) is 68.4 Å². The van der Waals surface area contributed by atoms with E-state index >= 15 is 0 Å². The van der Waals surface area contributed by atoms with Crippen molar-refractivity contribution in [3.05, 3.63) is 48.7 Å². The monoisotopic (exact) mass is 544 g/mol. The topological polar surface area (TPSA) is 139 Å². The number of sulfonamides is 1. The number of nitrogens with zero attached hydrogens (tertiary/aromatic N) is 3. The molecule has 0 bridgehead atoms. The van der Waals surface area contributed by atoms with Gasteiger partial charge in [-0.25, -0.2) is 13.2 Å². The summed E-state index contributed by atoms with van der Waals surface area (Å²) in [6.07, 6.45) is 9.66. The highest BCUT2D eigenvalue weighted by Gasteiger charge is 2.58. The van der Waals surface area contributed by atoms with E-state index in [9.17, 15) is 22.8 Å². The summed E-state index contributed by atoms with van der Waals surface area (Å²) in [6, 6.07) is 5.04. The maximum absolute atomic E-state index is 13.3. The number of nitrogens with one attached hydrogen (secondary N) is 1. The molecule has 3 fully saturated rings. The fraction of sp³-hybridized carbons (Fsp3) is 0.538. The van der Waals surface area contributed by atoms with E-state index in [4.69, 9.17) is 9.15 Å². The smallest absolute Gasteiger partial charge is 0.414 e. The van der Waals surface area contributed by atoms with Crippen molar-refractivity contribution in [1.29, 1.82) is 0 Å². The van der Waals surface area contributed by atoms with E-state index in [1.54, 1.807) is 23.1 Å². The van der Waals surface area contributed by atoms with E-state index in [0.29, 0.717) is 24.8 Å². The summed E-state index contributed by atoms with van der Waals surface area (Å²) in [6.45, 7) is -0.00698. The Morgan fingerprint density at radius 3 is 2.71 bits per heavy atom. The number of carbonyl (C=O) groups is 3. The molecular formula is C26H32N4O7S. The lowest BCUT2D eigenvalue weighted by Crippen LogP contribution is -2.66. The van der Waals surface area contributed by atoms with Crippen LogP contribution in [-0.4, -0.2) is 71.6 Å². The molecule has 2 aromatic rings. The van der Waals surface area contributed by atoms with Crippen molar-refractivity contribution >= 4 is 28.2 Å². The van der Waals surface area contributed by atoms with Crippen LogP contribution in [0.25, 0.3) is 0 Å². The Hall–Kier alpha value is -3.09. The SMILES string of the molecule is O=CC(CC1CCCCC1)(NC(=O)Oc1ccoc1)N1CCC2C1C(=O)CN2S(=O)(=O)Cc1ccccn1. The minimum Gasteiger partial charge on any atom is -0.469 e. The molecule has 12 heteroatoms. The van der Waals surface area contributed by atoms with Crippen molar-refractivity contribution in [1.82, 2.24) is 19.5 Å². The van der Waals surface area contributed by atoms with Crippen LogP contribution < -0.4 is 10.1 Å². The lowest BCUT2D eigenvalue weighted by Gasteiger charge is -2.42. The first-order chi connectivity index (χ1) is 18.3. The number of amides is 1. The number of carbonyl (C=O) groups excluding carboxylic acids is 3. The van der Waals surface area contributed by atoms with E-state index in [2.05, 4.69) is 10.3 Å². The predicted molar refractivity (Wildman–Crippen MR) is 135 cm³/mol. The molecule has 1 saturated carbocycles. The molecule has 3 atom stereocenters. The maximum Gasteiger partial charge on any atom is 0.414 e. The molecule has 0 spiro atoms. The summed E-state index contributed by atoms with van der Waals surface area (Å²) >= 11 is 0. The summed E-state index contributed by atoms with van der Waals surface area (Å²) in [5, 5.41) is 2.76. The van der Waals surface area contributed by atoms with Crippen LogP contribution in [-0.2, 0) is 25.4 Å². The third kappa shape index (κ3) is 5.38. The predicted octanol–water partition coefficient (Wildman–Crippen LogP) is 2.49. The zero-order valence-electron chi connectivity index (χ0n) is 21.0. The van der Waals surface area contributed by atoms with Gasteiger partial charge in [-0.05, 0) is 30.9 Å². The highest BCUT2D eigenvalue weighted by molar-refractivity contribution is 7.88. The molecule has 0 aromatic carbocycles. The van der Waals surface area contributed by atoms with E-state index in [1.807, 2.05) is 0 Å². The molecule has 2 aliphatic heterocycles. The summed E-state index contributed by atoms with van der Waals surface area (Å²) in [4.78, 5) is 44.9. The summed E-state index contributed by atoms with van der Waals surface area (Å²) in [5.74, 6) is -0.261. The van der Waals surface area contributed by atoms with Crippen LogP contribution in [0.1, 0.15) is 50.6 Å². The Morgan fingerprint density at radius 2 is 2.03 bits per heavy atom. The molecule has 204 valence electrons. The van der Waals surface area contributed by atoms with E-state index in [1.165, 1.54) is 29.1 Å². The second-order valence-corrected chi connectivity index (χ2v) is 12.2. The zero-order chi connectivity index (χ0) is 26.8. The first kappa shape index (κ1) is 26.5. The van der Waals surface area contributed by atoms with Crippen molar-refractivity contribution < 1.29 is 32.0 Å². The molecule has 1 aliphatic carbocycles. The van der Waals surface area contributed by atoms with Gasteiger partial charge >= 0.3 is 6.09 Å². The molecule has 0 radical (unpaired) electrons. The molecule has 3 aliphatic rings. The molecule has 3 unspecified atom stereocenters. The summed E-state index contributed by atoms with van der Waals surface area (Å²) < 4.78 is 38.2. The number of fused-ring (bicyclic) bond motifs is 1. The highest BCUT2D eigenvalue weighted by atomic mass is 32.2. The molecule has 38 heavy (non-hydrogen) atoms. The zero-order valence-corrected chi connectivity index (χ0v) is 21.8. The van der Waals surface area contributed by atoms with Crippen LogP contribution in [0, 0.1) is 5.92 Å². The fourth-order valence-corrected chi connectivity index (χ4v) is 7.84. The number of aldehydes is 1. The van der Waals surface area contributed by atoms with Crippen molar-refractivity contribution in [2.75, 3.05) is 13.1 Å². The van der Waals surface area contributed by atoms with E-state index in [-0.39, 0.29) is 36.3 Å². The third-order valence-corrected chi connectivity index (χ3v) is 9.62. The standard InChI is InChI=1S/C26H32N4O7S/c31-18-26(14-19-6-2-1-3-7-19,28-25(33)37-21-10-13-36-16-21)29-12-9-22-24(29)23(32)15-30(22)38(34,35)17-20-8-4-5-11-27-20/h4-5,8,10-11,13,16,18-19,22,24H,1-3,6-7,9,12,14-15,17H2,(H,28,33). The molecule has 4 heterocycles. The molecule has 11 nitrogen and oxygen atoms in total. The van der Waals surface area contributed by atoms with E-state index in [0.717, 1.165) is 32.1 Å². The Kier molecular flexibility index (Phi) is 7.64.